The molecule has 0 rings (SSSR count). The molecule has 0 unspecified atom stereocenters. The van der Waals surface area contributed by atoms with Gasteiger partial charge in [0.25, 0.3) is 0 Å². The molecule has 0 aromatic rings. The zero-order chi connectivity index (χ0) is 17.7. The molecular formula is C16H26AlO6. The average molecular weight is 341 g/mol. The summed E-state index contributed by atoms with van der Waals surface area (Å²) in [5.74, 6) is -2.14. The number of aliphatic carboxylic acids is 2. The third kappa shape index (κ3) is 26.1. The molecule has 0 spiro atoms. The maximum Gasteiger partial charge on any atom is 2.00 e. The Morgan fingerprint density at radius 2 is 0.957 bits per heavy atom. The summed E-state index contributed by atoms with van der Waals surface area (Å²) >= 11 is 0. The smallest absolute Gasteiger partial charge is 0.550 e. The van der Waals surface area contributed by atoms with Gasteiger partial charge < -0.3 is 19.8 Å². The van der Waals surface area contributed by atoms with Crippen molar-refractivity contribution in [2.75, 3.05) is 0 Å². The van der Waals surface area contributed by atoms with Crippen molar-refractivity contribution in [1.29, 1.82) is 0 Å². The number of carboxylic acid groups (broad SMARTS) is 2. The fraction of sp³-hybridized carbons (Fsp3) is 0.750. The van der Waals surface area contributed by atoms with Gasteiger partial charge in [0, 0.05) is 37.6 Å². The minimum absolute atomic E-state index is 0. The van der Waals surface area contributed by atoms with Crippen molar-refractivity contribution in [2.45, 2.75) is 66.2 Å². The Morgan fingerprint density at radius 3 is 1.13 bits per heavy atom. The molecular weight excluding hydrogens is 315 g/mol. The number of carbonyl (C=O) groups excluding carboxylic acids is 4. The minimum Gasteiger partial charge on any atom is -0.550 e. The van der Waals surface area contributed by atoms with E-state index in [2.05, 4.69) is 0 Å². The number of carboxylic acids is 2. The molecule has 0 aliphatic carbocycles. The Hall–Kier alpha value is -1.19. The topological polar surface area (TPSA) is 114 Å². The van der Waals surface area contributed by atoms with Gasteiger partial charge in [0.15, 0.2) is 0 Å². The van der Waals surface area contributed by atoms with Crippen molar-refractivity contribution in [3.05, 3.63) is 0 Å². The van der Waals surface area contributed by atoms with E-state index in [0.29, 0.717) is 24.7 Å². The van der Waals surface area contributed by atoms with Crippen LogP contribution in [0.1, 0.15) is 66.2 Å². The summed E-state index contributed by atoms with van der Waals surface area (Å²) in [6.07, 6.45) is 1.34. The van der Waals surface area contributed by atoms with Gasteiger partial charge in [0.2, 0.25) is 0 Å². The van der Waals surface area contributed by atoms with Crippen LogP contribution in [0.25, 0.3) is 0 Å². The first-order chi connectivity index (χ1) is 10.0. The monoisotopic (exact) mass is 341 g/mol. The van der Waals surface area contributed by atoms with Gasteiger partial charge in [0.1, 0.15) is 11.6 Å². The van der Waals surface area contributed by atoms with E-state index in [0.717, 1.165) is 12.8 Å². The van der Waals surface area contributed by atoms with Crippen molar-refractivity contribution in [3.63, 3.8) is 0 Å². The van der Waals surface area contributed by atoms with Crippen LogP contribution >= 0.6 is 0 Å². The van der Waals surface area contributed by atoms with E-state index < -0.39 is 24.8 Å². The standard InChI is InChI=1S/2C8H14O3.Al/c2*1-6(2)3-4-7(9)5-8(10)11;/h2*6H,3-5H2,1-2H3,(H,10,11);/q;;+2/p-2. The predicted molar refractivity (Wildman–Crippen MR) is 83.2 cm³/mol. The summed E-state index contributed by atoms with van der Waals surface area (Å²) in [6.45, 7) is 7.97. The van der Waals surface area contributed by atoms with Gasteiger partial charge in [-0.3, -0.25) is 9.59 Å². The predicted octanol–water partition coefficient (Wildman–Crippen LogP) is -0.117. The van der Waals surface area contributed by atoms with Crippen LogP contribution in [0.4, 0.5) is 0 Å². The number of rotatable bonds is 10. The Morgan fingerprint density at radius 1 is 0.696 bits per heavy atom. The molecule has 0 N–H and O–H groups in total. The van der Waals surface area contributed by atoms with Gasteiger partial charge in [0.05, 0.1) is 0 Å². The van der Waals surface area contributed by atoms with E-state index in [1.165, 1.54) is 0 Å². The Balaban J connectivity index is -0.000000333. The van der Waals surface area contributed by atoms with Crippen LogP contribution in [0.3, 0.4) is 0 Å². The van der Waals surface area contributed by atoms with Crippen LogP contribution in [-0.2, 0) is 19.2 Å². The molecule has 0 bridgehead atoms. The van der Waals surface area contributed by atoms with Crippen LogP contribution in [-0.4, -0.2) is 40.9 Å². The zero-order valence-corrected chi connectivity index (χ0v) is 15.6. The molecule has 0 aliphatic rings. The van der Waals surface area contributed by atoms with Gasteiger partial charge in [-0.25, -0.2) is 0 Å². The summed E-state index contributed by atoms with van der Waals surface area (Å²) in [5, 5.41) is 19.8. The number of hydrogen-bond donors (Lipinski definition) is 0. The summed E-state index contributed by atoms with van der Waals surface area (Å²) < 4.78 is 0. The quantitative estimate of drug-likeness (QED) is 0.404. The molecule has 0 heterocycles. The molecule has 0 aromatic carbocycles. The first-order valence-corrected chi connectivity index (χ1v) is 7.47. The van der Waals surface area contributed by atoms with Gasteiger partial charge in [-0.15, -0.1) is 0 Å². The van der Waals surface area contributed by atoms with Crippen LogP contribution in [0.2, 0.25) is 0 Å². The number of ketones is 2. The molecule has 0 aliphatic heterocycles. The first kappa shape index (κ1) is 26.7. The van der Waals surface area contributed by atoms with Crippen LogP contribution < -0.4 is 10.2 Å². The minimum atomic E-state index is -1.28. The number of hydrogen-bond acceptors (Lipinski definition) is 6. The fourth-order valence-corrected chi connectivity index (χ4v) is 1.40. The van der Waals surface area contributed by atoms with Crippen LogP contribution in [0, 0.1) is 11.8 Å². The summed E-state index contributed by atoms with van der Waals surface area (Å²) in [4.78, 5) is 41.3. The molecule has 0 atom stereocenters. The van der Waals surface area contributed by atoms with E-state index in [9.17, 15) is 29.4 Å². The second-order valence-corrected chi connectivity index (χ2v) is 6.04. The molecule has 0 saturated heterocycles. The van der Waals surface area contributed by atoms with E-state index >= 15 is 0 Å². The summed E-state index contributed by atoms with van der Waals surface area (Å²) in [5.41, 5.74) is 0. The van der Waals surface area contributed by atoms with E-state index in [1.54, 1.807) is 0 Å². The molecule has 0 aromatic heterocycles. The van der Waals surface area contributed by atoms with Crippen LogP contribution in [0.15, 0.2) is 0 Å². The maximum absolute atomic E-state index is 10.7. The van der Waals surface area contributed by atoms with E-state index in [-0.39, 0.29) is 28.9 Å². The van der Waals surface area contributed by atoms with Gasteiger partial charge in [-0.1, -0.05) is 27.7 Å². The normalized spacial score (nSPS) is 9.65. The molecule has 0 saturated carbocycles. The number of carbonyl (C=O) groups is 4. The molecule has 129 valence electrons. The molecule has 7 heteroatoms. The van der Waals surface area contributed by atoms with Gasteiger partial charge >= 0.3 is 17.4 Å². The maximum atomic E-state index is 10.7. The molecule has 6 nitrogen and oxygen atoms in total. The SMILES string of the molecule is CC(C)CCC(=O)CC(=O)[O-].CC(C)CCC(=O)CC(=O)[O-].[Al+2]. The van der Waals surface area contributed by atoms with Gasteiger partial charge in [-0.2, -0.15) is 0 Å². The van der Waals surface area contributed by atoms with Crippen molar-refractivity contribution in [3.8, 4) is 0 Å². The third-order valence-electron chi connectivity index (χ3n) is 2.68. The van der Waals surface area contributed by atoms with Crippen molar-refractivity contribution >= 4 is 40.9 Å². The number of Topliss-reactive ketones (excluding diaryl/α,β-unsaturated/α-hetero) is 2. The first-order valence-electron chi connectivity index (χ1n) is 7.47. The fourth-order valence-electron chi connectivity index (χ4n) is 1.40. The molecule has 1 radical (unpaired) electrons. The van der Waals surface area contributed by atoms with Crippen molar-refractivity contribution in [2.24, 2.45) is 11.8 Å². The summed E-state index contributed by atoms with van der Waals surface area (Å²) in [7, 11) is 0. The third-order valence-corrected chi connectivity index (χ3v) is 2.68. The van der Waals surface area contributed by atoms with Crippen molar-refractivity contribution < 1.29 is 29.4 Å². The van der Waals surface area contributed by atoms with Gasteiger partial charge in [-0.05, 0) is 24.7 Å². The van der Waals surface area contributed by atoms with E-state index in [4.69, 9.17) is 0 Å². The second-order valence-electron chi connectivity index (χ2n) is 6.04. The van der Waals surface area contributed by atoms with Crippen molar-refractivity contribution in [1.82, 2.24) is 0 Å². The van der Waals surface area contributed by atoms with E-state index in [1.807, 2.05) is 27.7 Å². The Kier molecular flexibility index (Phi) is 18.2. The molecule has 0 fully saturated rings. The Bertz CT molecular complexity index is 341. The molecule has 23 heavy (non-hydrogen) atoms. The Labute approximate surface area is 148 Å². The van der Waals surface area contributed by atoms with Crippen LogP contribution in [0.5, 0.6) is 0 Å². The average Bonchev–Trinajstić information content (AvgIpc) is 2.33. The summed E-state index contributed by atoms with van der Waals surface area (Å²) in [6, 6.07) is 0. The zero-order valence-electron chi connectivity index (χ0n) is 14.4. The second kappa shape index (κ2) is 15.7. The molecule has 0 amide bonds. The largest absolute Gasteiger partial charge is 2.00 e.